The molecule has 1 aliphatic heterocycles. The summed E-state index contributed by atoms with van der Waals surface area (Å²) >= 11 is 0. The van der Waals surface area contributed by atoms with Crippen LogP contribution < -0.4 is 10.2 Å². The summed E-state index contributed by atoms with van der Waals surface area (Å²) in [4.78, 5) is 4.89. The van der Waals surface area contributed by atoms with Crippen LogP contribution in [0.4, 0.5) is 10.1 Å². The molecule has 0 unspecified atom stereocenters. The number of hydrogen-bond acceptors (Lipinski definition) is 3. The minimum atomic E-state index is -0.153. The van der Waals surface area contributed by atoms with Crippen LogP contribution in [-0.4, -0.2) is 43.2 Å². The van der Waals surface area contributed by atoms with E-state index in [-0.39, 0.29) is 11.4 Å². The average Bonchev–Trinajstić information content (AvgIpc) is 2.44. The van der Waals surface area contributed by atoms with Crippen LogP contribution in [0, 0.1) is 5.82 Å². The maximum absolute atomic E-state index is 13.5. The van der Waals surface area contributed by atoms with Crippen LogP contribution in [0.25, 0.3) is 0 Å². The third-order valence-electron chi connectivity index (χ3n) is 4.18. The minimum absolute atomic E-state index is 0.153. The van der Waals surface area contributed by atoms with Crippen LogP contribution in [0.5, 0.6) is 0 Å². The number of halogens is 1. The lowest BCUT2D eigenvalue weighted by atomic mass is 10.0. The standard InChI is InChI=1S/C17H28FN3/c1-5-19-13-14-12-15(18)6-7-16(14)20-8-10-21(11-9-20)17(2,3)4/h6-7,12,19H,5,8-11,13H2,1-4H3. The fourth-order valence-electron chi connectivity index (χ4n) is 2.88. The maximum Gasteiger partial charge on any atom is 0.123 e. The summed E-state index contributed by atoms with van der Waals surface area (Å²) in [6.45, 7) is 14.6. The normalized spacial score (nSPS) is 17.3. The first-order chi connectivity index (χ1) is 9.91. The van der Waals surface area contributed by atoms with Crippen molar-refractivity contribution in [2.45, 2.75) is 39.8 Å². The lowest BCUT2D eigenvalue weighted by Crippen LogP contribution is -2.53. The summed E-state index contributed by atoms with van der Waals surface area (Å²) in [6.07, 6.45) is 0. The minimum Gasteiger partial charge on any atom is -0.369 e. The smallest absolute Gasteiger partial charge is 0.123 e. The highest BCUT2D eigenvalue weighted by atomic mass is 19.1. The Kier molecular flexibility index (Phi) is 5.22. The third kappa shape index (κ3) is 4.17. The van der Waals surface area contributed by atoms with Gasteiger partial charge in [-0.3, -0.25) is 4.90 Å². The molecule has 0 atom stereocenters. The Morgan fingerprint density at radius 2 is 1.81 bits per heavy atom. The summed E-state index contributed by atoms with van der Waals surface area (Å²) in [5, 5.41) is 3.30. The van der Waals surface area contributed by atoms with Crippen molar-refractivity contribution in [1.29, 1.82) is 0 Å². The second kappa shape index (κ2) is 6.75. The summed E-state index contributed by atoms with van der Waals surface area (Å²) in [5.74, 6) is -0.153. The van der Waals surface area contributed by atoms with Gasteiger partial charge in [0.1, 0.15) is 5.82 Å². The molecule has 1 heterocycles. The summed E-state index contributed by atoms with van der Waals surface area (Å²) < 4.78 is 13.5. The van der Waals surface area contributed by atoms with E-state index >= 15 is 0 Å². The molecule has 1 aliphatic rings. The van der Waals surface area contributed by atoms with E-state index in [2.05, 4.69) is 42.8 Å². The van der Waals surface area contributed by atoms with Gasteiger partial charge in [0.05, 0.1) is 0 Å². The van der Waals surface area contributed by atoms with E-state index in [4.69, 9.17) is 0 Å². The monoisotopic (exact) mass is 293 g/mol. The molecule has 0 saturated carbocycles. The van der Waals surface area contributed by atoms with E-state index in [0.29, 0.717) is 0 Å². The van der Waals surface area contributed by atoms with Crippen molar-refractivity contribution in [2.24, 2.45) is 0 Å². The van der Waals surface area contributed by atoms with Crippen molar-refractivity contribution in [2.75, 3.05) is 37.6 Å². The van der Waals surface area contributed by atoms with E-state index < -0.39 is 0 Å². The molecule has 1 fully saturated rings. The molecule has 1 aromatic carbocycles. The third-order valence-corrected chi connectivity index (χ3v) is 4.18. The van der Waals surface area contributed by atoms with E-state index in [9.17, 15) is 4.39 Å². The zero-order chi connectivity index (χ0) is 15.5. The molecule has 0 bridgehead atoms. The number of nitrogens with one attached hydrogen (secondary N) is 1. The van der Waals surface area contributed by atoms with E-state index in [1.807, 2.05) is 6.07 Å². The van der Waals surface area contributed by atoms with Crippen molar-refractivity contribution in [3.8, 4) is 0 Å². The van der Waals surface area contributed by atoms with Gasteiger partial charge >= 0.3 is 0 Å². The lowest BCUT2D eigenvalue weighted by molar-refractivity contribution is 0.128. The van der Waals surface area contributed by atoms with E-state index in [1.54, 1.807) is 12.1 Å². The van der Waals surface area contributed by atoms with E-state index in [0.717, 1.165) is 44.8 Å². The molecule has 118 valence electrons. The van der Waals surface area contributed by atoms with Crippen molar-refractivity contribution in [3.05, 3.63) is 29.6 Å². The predicted molar refractivity (Wildman–Crippen MR) is 87.3 cm³/mol. The first-order valence-electron chi connectivity index (χ1n) is 7.91. The first-order valence-corrected chi connectivity index (χ1v) is 7.91. The quantitative estimate of drug-likeness (QED) is 0.921. The van der Waals surface area contributed by atoms with Crippen LogP contribution >= 0.6 is 0 Å². The van der Waals surface area contributed by atoms with Crippen molar-refractivity contribution in [1.82, 2.24) is 10.2 Å². The van der Waals surface area contributed by atoms with Crippen molar-refractivity contribution < 1.29 is 4.39 Å². The Morgan fingerprint density at radius 3 is 2.38 bits per heavy atom. The van der Waals surface area contributed by atoms with Crippen LogP contribution in [-0.2, 0) is 6.54 Å². The lowest BCUT2D eigenvalue weighted by Gasteiger charge is -2.43. The maximum atomic E-state index is 13.5. The van der Waals surface area contributed by atoms with Crippen LogP contribution in [0.1, 0.15) is 33.3 Å². The van der Waals surface area contributed by atoms with Crippen LogP contribution in [0.2, 0.25) is 0 Å². The van der Waals surface area contributed by atoms with Gasteiger partial charge in [-0.2, -0.15) is 0 Å². The molecule has 0 spiro atoms. The molecule has 2 rings (SSSR count). The predicted octanol–water partition coefficient (Wildman–Crippen LogP) is 2.86. The highest BCUT2D eigenvalue weighted by Gasteiger charge is 2.26. The molecule has 0 aliphatic carbocycles. The Balaban J connectivity index is 2.09. The molecular formula is C17H28FN3. The Hall–Kier alpha value is -1.13. The molecular weight excluding hydrogens is 265 g/mol. The fraction of sp³-hybridized carbons (Fsp3) is 0.647. The Labute approximate surface area is 128 Å². The van der Waals surface area contributed by atoms with Gasteiger partial charge in [0.2, 0.25) is 0 Å². The van der Waals surface area contributed by atoms with Gasteiger partial charge in [-0.1, -0.05) is 6.92 Å². The van der Waals surface area contributed by atoms with Gasteiger partial charge in [-0.25, -0.2) is 4.39 Å². The molecule has 1 saturated heterocycles. The van der Waals surface area contributed by atoms with Crippen LogP contribution in [0.3, 0.4) is 0 Å². The second-order valence-electron chi connectivity index (χ2n) is 6.70. The zero-order valence-corrected chi connectivity index (χ0v) is 13.7. The van der Waals surface area contributed by atoms with Gasteiger partial charge in [0.25, 0.3) is 0 Å². The molecule has 0 amide bonds. The zero-order valence-electron chi connectivity index (χ0n) is 13.7. The van der Waals surface area contributed by atoms with Gasteiger partial charge < -0.3 is 10.2 Å². The molecule has 0 aromatic heterocycles. The average molecular weight is 293 g/mol. The number of anilines is 1. The Morgan fingerprint density at radius 1 is 1.14 bits per heavy atom. The molecule has 3 nitrogen and oxygen atoms in total. The van der Waals surface area contributed by atoms with Crippen molar-refractivity contribution >= 4 is 5.69 Å². The second-order valence-corrected chi connectivity index (χ2v) is 6.70. The number of nitrogens with zero attached hydrogens (tertiary/aromatic N) is 2. The first kappa shape index (κ1) is 16.2. The summed E-state index contributed by atoms with van der Waals surface area (Å²) in [6, 6.07) is 5.16. The molecule has 0 radical (unpaired) electrons. The SMILES string of the molecule is CCNCc1cc(F)ccc1N1CCN(C(C)(C)C)CC1. The highest BCUT2D eigenvalue weighted by molar-refractivity contribution is 5.54. The molecule has 1 N–H and O–H groups in total. The van der Waals surface area contributed by atoms with Crippen molar-refractivity contribution in [3.63, 3.8) is 0 Å². The highest BCUT2D eigenvalue weighted by Crippen LogP contribution is 2.25. The number of benzene rings is 1. The largest absolute Gasteiger partial charge is 0.369 e. The fourth-order valence-corrected chi connectivity index (χ4v) is 2.88. The van der Waals surface area contributed by atoms with Gasteiger partial charge in [0, 0.05) is 44.0 Å². The van der Waals surface area contributed by atoms with Gasteiger partial charge in [-0.15, -0.1) is 0 Å². The molecule has 21 heavy (non-hydrogen) atoms. The summed E-state index contributed by atoms with van der Waals surface area (Å²) in [7, 11) is 0. The van der Waals surface area contributed by atoms with Crippen LogP contribution in [0.15, 0.2) is 18.2 Å². The number of piperazine rings is 1. The Bertz CT molecular complexity index is 460. The van der Waals surface area contributed by atoms with E-state index in [1.165, 1.54) is 5.69 Å². The van der Waals surface area contributed by atoms with Gasteiger partial charge in [0.15, 0.2) is 0 Å². The summed E-state index contributed by atoms with van der Waals surface area (Å²) in [5.41, 5.74) is 2.45. The molecule has 4 heteroatoms. The van der Waals surface area contributed by atoms with Gasteiger partial charge in [-0.05, 0) is 51.1 Å². The number of hydrogen-bond donors (Lipinski definition) is 1. The number of rotatable bonds is 4. The topological polar surface area (TPSA) is 18.5 Å². The molecule has 1 aromatic rings.